The lowest BCUT2D eigenvalue weighted by molar-refractivity contribution is 0.577. The molecule has 1 aliphatic rings. The van der Waals surface area contributed by atoms with Gasteiger partial charge in [0.1, 0.15) is 0 Å². The van der Waals surface area contributed by atoms with Crippen LogP contribution in [0, 0.1) is 6.92 Å². The van der Waals surface area contributed by atoms with Crippen molar-refractivity contribution in [2.45, 2.75) is 38.1 Å². The van der Waals surface area contributed by atoms with Gasteiger partial charge in [-0.25, -0.2) is 0 Å². The molecule has 1 aromatic heterocycles. The van der Waals surface area contributed by atoms with Gasteiger partial charge in [0.2, 0.25) is 0 Å². The number of benzene rings is 1. The molecule has 110 valence electrons. The highest BCUT2D eigenvalue weighted by atomic mass is 35.5. The average molecular weight is 301 g/mol. The number of rotatable bonds is 6. The molecule has 1 aromatic carbocycles. The van der Waals surface area contributed by atoms with Gasteiger partial charge in [-0.15, -0.1) is 0 Å². The standard InChI is InChI=1S/C18H21ClN2/c1-13-3-2-4-14(9-13)16(11-21-17-5-6-17)10-15-7-8-20-12-18(15)19/h2-4,7-9,12,16-17,21H,5-6,10-11H2,1H3. The van der Waals surface area contributed by atoms with Crippen molar-refractivity contribution in [3.8, 4) is 0 Å². The maximum Gasteiger partial charge on any atom is 0.0621 e. The van der Waals surface area contributed by atoms with Crippen molar-refractivity contribution in [3.63, 3.8) is 0 Å². The topological polar surface area (TPSA) is 24.9 Å². The zero-order valence-electron chi connectivity index (χ0n) is 12.3. The van der Waals surface area contributed by atoms with Crippen LogP contribution in [0.3, 0.4) is 0 Å². The van der Waals surface area contributed by atoms with Crippen molar-refractivity contribution < 1.29 is 0 Å². The molecule has 1 aliphatic carbocycles. The van der Waals surface area contributed by atoms with E-state index in [1.807, 2.05) is 12.3 Å². The quantitative estimate of drug-likeness (QED) is 0.868. The van der Waals surface area contributed by atoms with Crippen molar-refractivity contribution in [2.75, 3.05) is 6.54 Å². The summed E-state index contributed by atoms with van der Waals surface area (Å²) in [5.74, 6) is 0.449. The SMILES string of the molecule is Cc1cccc(C(CNC2CC2)Cc2ccncc2Cl)c1. The minimum absolute atomic E-state index is 0.449. The number of hydrogen-bond donors (Lipinski definition) is 1. The van der Waals surface area contributed by atoms with Crippen molar-refractivity contribution in [1.82, 2.24) is 10.3 Å². The molecule has 0 amide bonds. The number of halogens is 1. The van der Waals surface area contributed by atoms with E-state index in [1.165, 1.54) is 29.5 Å². The van der Waals surface area contributed by atoms with E-state index in [0.29, 0.717) is 5.92 Å². The second-order valence-electron chi connectivity index (χ2n) is 5.96. The van der Waals surface area contributed by atoms with Gasteiger partial charge in [-0.1, -0.05) is 41.4 Å². The first-order valence-electron chi connectivity index (χ1n) is 7.60. The van der Waals surface area contributed by atoms with Crippen molar-refractivity contribution in [2.24, 2.45) is 0 Å². The van der Waals surface area contributed by atoms with E-state index in [1.54, 1.807) is 6.20 Å². The first-order valence-corrected chi connectivity index (χ1v) is 7.98. The minimum Gasteiger partial charge on any atom is -0.313 e. The molecule has 0 radical (unpaired) electrons. The van der Waals surface area contributed by atoms with E-state index in [9.17, 15) is 0 Å². The first-order chi connectivity index (χ1) is 10.2. The molecule has 0 aliphatic heterocycles. The summed E-state index contributed by atoms with van der Waals surface area (Å²) in [6.07, 6.45) is 7.14. The van der Waals surface area contributed by atoms with Crippen LogP contribution in [0.25, 0.3) is 0 Å². The summed E-state index contributed by atoms with van der Waals surface area (Å²) in [6.45, 7) is 3.15. The lowest BCUT2D eigenvalue weighted by atomic mass is 9.91. The Morgan fingerprint density at radius 1 is 1.33 bits per heavy atom. The Kier molecular flexibility index (Phi) is 4.57. The molecule has 3 rings (SSSR count). The summed E-state index contributed by atoms with van der Waals surface area (Å²) in [5.41, 5.74) is 3.87. The summed E-state index contributed by atoms with van der Waals surface area (Å²) < 4.78 is 0. The maximum absolute atomic E-state index is 6.28. The van der Waals surface area contributed by atoms with Crippen LogP contribution in [0.5, 0.6) is 0 Å². The summed E-state index contributed by atoms with van der Waals surface area (Å²) in [5, 5.41) is 4.42. The molecular formula is C18H21ClN2. The number of nitrogens with zero attached hydrogens (tertiary/aromatic N) is 1. The van der Waals surface area contributed by atoms with E-state index in [-0.39, 0.29) is 0 Å². The van der Waals surface area contributed by atoms with Crippen LogP contribution >= 0.6 is 11.6 Å². The molecule has 0 bridgehead atoms. The number of aryl methyl sites for hydroxylation is 1. The predicted octanol–water partition coefficient (Wildman–Crippen LogP) is 4.12. The molecular weight excluding hydrogens is 280 g/mol. The highest BCUT2D eigenvalue weighted by Crippen LogP contribution is 2.26. The lowest BCUT2D eigenvalue weighted by Crippen LogP contribution is -2.25. The molecule has 3 heteroatoms. The molecule has 2 nitrogen and oxygen atoms in total. The van der Waals surface area contributed by atoms with Gasteiger partial charge in [-0.05, 0) is 43.4 Å². The van der Waals surface area contributed by atoms with Gasteiger partial charge >= 0.3 is 0 Å². The van der Waals surface area contributed by atoms with E-state index in [0.717, 1.165) is 24.0 Å². The molecule has 1 N–H and O–H groups in total. The first kappa shape index (κ1) is 14.6. The third-order valence-corrected chi connectivity index (χ3v) is 4.41. The summed E-state index contributed by atoms with van der Waals surface area (Å²) in [6, 6.07) is 11.6. The van der Waals surface area contributed by atoms with Crippen LogP contribution in [-0.2, 0) is 6.42 Å². The highest BCUT2D eigenvalue weighted by Gasteiger charge is 2.23. The third-order valence-electron chi connectivity index (χ3n) is 4.07. The largest absolute Gasteiger partial charge is 0.313 e. The summed E-state index contributed by atoms with van der Waals surface area (Å²) in [7, 11) is 0. The Morgan fingerprint density at radius 2 is 2.19 bits per heavy atom. The van der Waals surface area contributed by atoms with Gasteiger partial charge < -0.3 is 5.32 Å². The summed E-state index contributed by atoms with van der Waals surface area (Å²) in [4.78, 5) is 4.08. The monoisotopic (exact) mass is 300 g/mol. The number of hydrogen-bond acceptors (Lipinski definition) is 2. The van der Waals surface area contributed by atoms with Crippen LogP contribution in [0.2, 0.25) is 5.02 Å². The van der Waals surface area contributed by atoms with E-state index in [4.69, 9.17) is 11.6 Å². The van der Waals surface area contributed by atoms with Gasteiger partial charge in [0, 0.05) is 30.9 Å². The average Bonchev–Trinajstić information content (AvgIpc) is 3.29. The smallest absolute Gasteiger partial charge is 0.0621 e. The van der Waals surface area contributed by atoms with Gasteiger partial charge in [-0.3, -0.25) is 4.98 Å². The molecule has 2 aromatic rings. The second-order valence-corrected chi connectivity index (χ2v) is 6.37. The number of nitrogens with one attached hydrogen (secondary N) is 1. The van der Waals surface area contributed by atoms with Crippen LogP contribution in [-0.4, -0.2) is 17.6 Å². The Labute approximate surface area is 131 Å². The van der Waals surface area contributed by atoms with Gasteiger partial charge in [-0.2, -0.15) is 0 Å². The van der Waals surface area contributed by atoms with Gasteiger partial charge in [0.05, 0.1) is 5.02 Å². The molecule has 0 saturated heterocycles. The van der Waals surface area contributed by atoms with Crippen LogP contribution in [0.4, 0.5) is 0 Å². The Morgan fingerprint density at radius 3 is 2.90 bits per heavy atom. The number of aromatic nitrogens is 1. The zero-order chi connectivity index (χ0) is 14.7. The van der Waals surface area contributed by atoms with Gasteiger partial charge in [0.25, 0.3) is 0 Å². The Bertz CT molecular complexity index is 608. The van der Waals surface area contributed by atoms with Crippen LogP contribution in [0.1, 0.15) is 35.4 Å². The van der Waals surface area contributed by atoms with Crippen molar-refractivity contribution in [3.05, 3.63) is 64.4 Å². The molecule has 1 heterocycles. The normalized spacial score (nSPS) is 15.9. The molecule has 0 spiro atoms. The molecule has 1 saturated carbocycles. The third kappa shape index (κ3) is 4.05. The summed E-state index contributed by atoms with van der Waals surface area (Å²) >= 11 is 6.28. The van der Waals surface area contributed by atoms with E-state index in [2.05, 4.69) is 41.5 Å². The minimum atomic E-state index is 0.449. The van der Waals surface area contributed by atoms with Gasteiger partial charge in [0.15, 0.2) is 0 Å². The molecule has 1 atom stereocenters. The Balaban J connectivity index is 1.79. The van der Waals surface area contributed by atoms with E-state index < -0.39 is 0 Å². The second kappa shape index (κ2) is 6.59. The zero-order valence-corrected chi connectivity index (χ0v) is 13.1. The lowest BCUT2D eigenvalue weighted by Gasteiger charge is -2.19. The predicted molar refractivity (Wildman–Crippen MR) is 87.9 cm³/mol. The van der Waals surface area contributed by atoms with Crippen LogP contribution in [0.15, 0.2) is 42.7 Å². The van der Waals surface area contributed by atoms with Crippen LogP contribution < -0.4 is 5.32 Å². The number of pyridine rings is 1. The fraction of sp³-hybridized carbons (Fsp3) is 0.389. The van der Waals surface area contributed by atoms with E-state index >= 15 is 0 Å². The van der Waals surface area contributed by atoms with Crippen molar-refractivity contribution >= 4 is 11.6 Å². The highest BCUT2D eigenvalue weighted by molar-refractivity contribution is 6.31. The molecule has 1 unspecified atom stereocenters. The molecule has 1 fully saturated rings. The molecule has 21 heavy (non-hydrogen) atoms. The fourth-order valence-corrected chi connectivity index (χ4v) is 2.86. The fourth-order valence-electron chi connectivity index (χ4n) is 2.66. The van der Waals surface area contributed by atoms with Crippen molar-refractivity contribution in [1.29, 1.82) is 0 Å². The Hall–Kier alpha value is -1.38. The maximum atomic E-state index is 6.28.